The van der Waals surface area contributed by atoms with E-state index < -0.39 is 0 Å². The van der Waals surface area contributed by atoms with Crippen LogP contribution < -0.4 is 5.73 Å². The van der Waals surface area contributed by atoms with Crippen LogP contribution in [-0.4, -0.2) is 15.0 Å². The molecule has 1 aliphatic carbocycles. The molecule has 4 nitrogen and oxygen atoms in total. The molecule has 0 amide bonds. The lowest BCUT2D eigenvalue weighted by Crippen LogP contribution is -2.17. The van der Waals surface area contributed by atoms with Crippen LogP contribution in [0.3, 0.4) is 0 Å². The van der Waals surface area contributed by atoms with Gasteiger partial charge in [-0.05, 0) is 25.0 Å². The van der Waals surface area contributed by atoms with Crippen LogP contribution >= 0.6 is 0 Å². The summed E-state index contributed by atoms with van der Waals surface area (Å²) in [6.45, 7) is 0.471. The van der Waals surface area contributed by atoms with E-state index in [-0.39, 0.29) is 0 Å². The topological polar surface area (TPSA) is 56.7 Å². The quantitative estimate of drug-likeness (QED) is 0.874. The second kappa shape index (κ2) is 4.30. The Morgan fingerprint density at radius 2 is 2.00 bits per heavy atom. The van der Waals surface area contributed by atoms with E-state index in [4.69, 9.17) is 5.73 Å². The first-order chi connectivity index (χ1) is 8.40. The Balaban J connectivity index is 2.07. The average Bonchev–Trinajstić information content (AvgIpc) is 2.72. The van der Waals surface area contributed by atoms with Gasteiger partial charge in [-0.15, -0.1) is 5.10 Å². The minimum atomic E-state index is 0.471. The van der Waals surface area contributed by atoms with Crippen LogP contribution in [-0.2, 0) is 6.54 Å². The summed E-state index contributed by atoms with van der Waals surface area (Å²) in [5, 5.41) is 8.45. The molecule has 0 aliphatic heterocycles. The van der Waals surface area contributed by atoms with E-state index >= 15 is 0 Å². The predicted molar refractivity (Wildman–Crippen MR) is 65.8 cm³/mol. The van der Waals surface area contributed by atoms with Gasteiger partial charge in [0.2, 0.25) is 0 Å². The summed E-state index contributed by atoms with van der Waals surface area (Å²) in [5.41, 5.74) is 8.97. The number of nitrogens with two attached hydrogens (primary N) is 1. The lowest BCUT2D eigenvalue weighted by Gasteiger charge is -2.26. The summed E-state index contributed by atoms with van der Waals surface area (Å²) in [5.74, 6) is 0.587. The molecule has 1 aromatic heterocycles. The molecule has 1 aliphatic rings. The summed E-state index contributed by atoms with van der Waals surface area (Å²) in [6.07, 6.45) is 3.76. The Labute approximate surface area is 100 Å². The van der Waals surface area contributed by atoms with Crippen molar-refractivity contribution in [1.82, 2.24) is 15.0 Å². The summed E-state index contributed by atoms with van der Waals surface area (Å²) in [4.78, 5) is 0. The zero-order valence-electron chi connectivity index (χ0n) is 9.71. The highest BCUT2D eigenvalue weighted by Gasteiger charge is 2.27. The van der Waals surface area contributed by atoms with E-state index in [1.165, 1.54) is 25.0 Å². The van der Waals surface area contributed by atoms with E-state index in [2.05, 4.69) is 22.4 Å². The smallest absolute Gasteiger partial charge is 0.100 e. The molecule has 0 atom stereocenters. The fourth-order valence-corrected chi connectivity index (χ4v) is 2.32. The van der Waals surface area contributed by atoms with E-state index in [1.54, 1.807) is 0 Å². The SMILES string of the molecule is NCc1nnn(-c2ccccc2)c1C1CCC1. The van der Waals surface area contributed by atoms with Gasteiger partial charge in [-0.3, -0.25) is 0 Å². The van der Waals surface area contributed by atoms with E-state index in [1.807, 2.05) is 22.9 Å². The number of hydrogen-bond donors (Lipinski definition) is 1. The molecule has 2 N–H and O–H groups in total. The van der Waals surface area contributed by atoms with Crippen molar-refractivity contribution < 1.29 is 0 Å². The molecule has 88 valence electrons. The molecule has 3 rings (SSSR count). The molecule has 2 aromatic rings. The molecule has 0 bridgehead atoms. The molecule has 1 aromatic carbocycles. The summed E-state index contributed by atoms with van der Waals surface area (Å²) in [6, 6.07) is 10.1. The van der Waals surface area contributed by atoms with Crippen LogP contribution in [0.5, 0.6) is 0 Å². The van der Waals surface area contributed by atoms with Crippen LogP contribution in [0.1, 0.15) is 36.6 Å². The van der Waals surface area contributed by atoms with E-state index in [9.17, 15) is 0 Å². The molecule has 0 unspecified atom stereocenters. The maximum Gasteiger partial charge on any atom is 0.100 e. The summed E-state index contributed by atoms with van der Waals surface area (Å²) in [7, 11) is 0. The highest BCUT2D eigenvalue weighted by molar-refractivity contribution is 5.34. The lowest BCUT2D eigenvalue weighted by molar-refractivity contribution is 0.401. The van der Waals surface area contributed by atoms with Gasteiger partial charge in [0.05, 0.1) is 11.4 Å². The van der Waals surface area contributed by atoms with Crippen molar-refractivity contribution in [1.29, 1.82) is 0 Å². The molecule has 0 saturated heterocycles. The number of hydrogen-bond acceptors (Lipinski definition) is 3. The molecule has 1 heterocycles. The second-order valence-corrected chi connectivity index (χ2v) is 4.50. The largest absolute Gasteiger partial charge is 0.325 e. The highest BCUT2D eigenvalue weighted by Crippen LogP contribution is 2.38. The number of nitrogens with zero attached hydrogens (tertiary/aromatic N) is 3. The lowest BCUT2D eigenvalue weighted by atomic mass is 9.82. The van der Waals surface area contributed by atoms with Crippen LogP contribution in [0.25, 0.3) is 5.69 Å². The van der Waals surface area contributed by atoms with Gasteiger partial charge in [0.1, 0.15) is 5.69 Å². The number of benzene rings is 1. The third-order valence-corrected chi connectivity index (χ3v) is 3.46. The first kappa shape index (κ1) is 10.5. The number of rotatable bonds is 3. The molecule has 1 saturated carbocycles. The third kappa shape index (κ3) is 1.74. The average molecular weight is 228 g/mol. The third-order valence-electron chi connectivity index (χ3n) is 3.46. The molecule has 4 heteroatoms. The first-order valence-corrected chi connectivity index (χ1v) is 6.10. The zero-order chi connectivity index (χ0) is 11.7. The Morgan fingerprint density at radius 1 is 1.24 bits per heavy atom. The van der Waals surface area contributed by atoms with Crippen LogP contribution in [0.2, 0.25) is 0 Å². The molecule has 0 spiro atoms. The molecule has 1 fully saturated rings. The van der Waals surface area contributed by atoms with Gasteiger partial charge in [0.15, 0.2) is 0 Å². The fraction of sp³-hybridized carbons (Fsp3) is 0.385. The number of para-hydroxylation sites is 1. The molecular weight excluding hydrogens is 212 g/mol. The molecule has 0 radical (unpaired) electrons. The van der Waals surface area contributed by atoms with Gasteiger partial charge in [0, 0.05) is 12.5 Å². The van der Waals surface area contributed by atoms with Crippen molar-refractivity contribution in [2.45, 2.75) is 31.7 Å². The van der Waals surface area contributed by atoms with Crippen molar-refractivity contribution >= 4 is 0 Å². The van der Waals surface area contributed by atoms with Crippen LogP contribution in [0, 0.1) is 0 Å². The monoisotopic (exact) mass is 228 g/mol. The molecular formula is C13H16N4. The zero-order valence-corrected chi connectivity index (χ0v) is 9.71. The van der Waals surface area contributed by atoms with Crippen molar-refractivity contribution in [3.8, 4) is 5.69 Å². The van der Waals surface area contributed by atoms with Gasteiger partial charge in [-0.2, -0.15) is 0 Å². The fourth-order valence-electron chi connectivity index (χ4n) is 2.32. The van der Waals surface area contributed by atoms with Gasteiger partial charge < -0.3 is 5.73 Å². The Bertz CT molecular complexity index is 499. The van der Waals surface area contributed by atoms with E-state index in [0.717, 1.165) is 11.4 Å². The standard InChI is InChI=1S/C13H16N4/c14-9-12-13(10-5-4-6-10)17(16-15-12)11-7-2-1-3-8-11/h1-3,7-8,10H,4-6,9,14H2. The maximum atomic E-state index is 5.74. The minimum absolute atomic E-state index is 0.471. The predicted octanol–water partition coefficient (Wildman–Crippen LogP) is 1.99. The summed E-state index contributed by atoms with van der Waals surface area (Å²) < 4.78 is 1.95. The second-order valence-electron chi connectivity index (χ2n) is 4.50. The number of aromatic nitrogens is 3. The maximum absolute atomic E-state index is 5.74. The van der Waals surface area contributed by atoms with Crippen molar-refractivity contribution in [2.24, 2.45) is 5.73 Å². The summed E-state index contributed by atoms with van der Waals surface area (Å²) >= 11 is 0. The van der Waals surface area contributed by atoms with Crippen molar-refractivity contribution in [3.05, 3.63) is 41.7 Å². The van der Waals surface area contributed by atoms with E-state index in [0.29, 0.717) is 12.5 Å². The van der Waals surface area contributed by atoms with Crippen LogP contribution in [0.15, 0.2) is 30.3 Å². The normalized spacial score (nSPS) is 15.8. The Morgan fingerprint density at radius 3 is 2.59 bits per heavy atom. The van der Waals surface area contributed by atoms with Gasteiger partial charge in [-0.25, -0.2) is 4.68 Å². The minimum Gasteiger partial charge on any atom is -0.325 e. The molecule has 17 heavy (non-hydrogen) atoms. The van der Waals surface area contributed by atoms with Crippen molar-refractivity contribution in [3.63, 3.8) is 0 Å². The van der Waals surface area contributed by atoms with Gasteiger partial charge >= 0.3 is 0 Å². The first-order valence-electron chi connectivity index (χ1n) is 6.10. The van der Waals surface area contributed by atoms with Crippen molar-refractivity contribution in [2.75, 3.05) is 0 Å². The highest BCUT2D eigenvalue weighted by atomic mass is 15.4. The van der Waals surface area contributed by atoms with Gasteiger partial charge in [0.25, 0.3) is 0 Å². The Kier molecular flexibility index (Phi) is 2.65. The Hall–Kier alpha value is -1.68. The van der Waals surface area contributed by atoms with Crippen LogP contribution in [0.4, 0.5) is 0 Å². The van der Waals surface area contributed by atoms with Gasteiger partial charge in [-0.1, -0.05) is 29.8 Å².